The number of nitrogens with zero attached hydrogens (tertiary/aromatic N) is 1. The minimum Gasteiger partial charge on any atom is -0.456 e. The Morgan fingerprint density at radius 1 is 0.864 bits per heavy atom. The first-order chi connectivity index (χ1) is 10.8. The number of benzene rings is 2. The number of furan rings is 1. The number of hydrogen-bond acceptors (Lipinski definition) is 2. The number of piperidine rings is 1. The highest BCUT2D eigenvalue weighted by molar-refractivity contribution is 5.83. The van der Waals surface area contributed by atoms with Crippen molar-refractivity contribution in [3.63, 3.8) is 0 Å². The average Bonchev–Trinajstić information content (AvgIpc) is 2.99. The molecule has 2 nitrogen and oxygen atoms in total. The molecule has 1 aromatic heterocycles. The maximum Gasteiger partial charge on any atom is 0.135 e. The molecule has 0 atom stereocenters. The quantitative estimate of drug-likeness (QED) is 0.628. The van der Waals surface area contributed by atoms with Gasteiger partial charge in [0.05, 0.1) is 0 Å². The average molecular weight is 291 g/mol. The zero-order chi connectivity index (χ0) is 14.9. The van der Waals surface area contributed by atoms with E-state index >= 15 is 0 Å². The number of aryl methyl sites for hydroxylation is 1. The van der Waals surface area contributed by atoms with Crippen molar-refractivity contribution >= 4 is 16.7 Å². The van der Waals surface area contributed by atoms with Crippen LogP contribution in [0.15, 0.2) is 52.9 Å². The van der Waals surface area contributed by atoms with Gasteiger partial charge >= 0.3 is 0 Å². The molecule has 2 aromatic carbocycles. The van der Waals surface area contributed by atoms with Gasteiger partial charge in [-0.3, -0.25) is 0 Å². The van der Waals surface area contributed by atoms with Gasteiger partial charge < -0.3 is 9.32 Å². The Kier molecular flexibility index (Phi) is 3.38. The van der Waals surface area contributed by atoms with Crippen LogP contribution in [0, 0.1) is 6.92 Å². The molecule has 0 saturated carbocycles. The largest absolute Gasteiger partial charge is 0.456 e. The molecule has 0 aliphatic carbocycles. The zero-order valence-corrected chi connectivity index (χ0v) is 13.0. The summed E-state index contributed by atoms with van der Waals surface area (Å²) in [4.78, 5) is 2.48. The van der Waals surface area contributed by atoms with E-state index in [0.717, 1.165) is 16.9 Å². The van der Waals surface area contributed by atoms with Crippen molar-refractivity contribution in [3.05, 3.63) is 54.1 Å². The third-order valence-electron chi connectivity index (χ3n) is 4.55. The van der Waals surface area contributed by atoms with Crippen LogP contribution < -0.4 is 4.90 Å². The van der Waals surface area contributed by atoms with Crippen LogP contribution >= 0.6 is 0 Å². The minimum atomic E-state index is 0.950. The van der Waals surface area contributed by atoms with Gasteiger partial charge in [0.1, 0.15) is 11.3 Å². The number of hydrogen-bond donors (Lipinski definition) is 0. The van der Waals surface area contributed by atoms with Crippen LogP contribution in [0.4, 0.5) is 5.69 Å². The highest BCUT2D eigenvalue weighted by Crippen LogP contribution is 2.30. The lowest BCUT2D eigenvalue weighted by molar-refractivity contribution is 0.578. The monoisotopic (exact) mass is 291 g/mol. The molecule has 0 radical (unpaired) electrons. The van der Waals surface area contributed by atoms with E-state index in [1.54, 1.807) is 0 Å². The van der Waals surface area contributed by atoms with Crippen LogP contribution in [-0.2, 0) is 0 Å². The maximum atomic E-state index is 6.01. The Labute approximate surface area is 131 Å². The Morgan fingerprint density at radius 3 is 2.41 bits per heavy atom. The van der Waals surface area contributed by atoms with E-state index in [-0.39, 0.29) is 0 Å². The molecule has 3 aromatic rings. The van der Waals surface area contributed by atoms with Gasteiger partial charge in [-0.25, -0.2) is 0 Å². The van der Waals surface area contributed by atoms with Crippen molar-refractivity contribution < 1.29 is 4.42 Å². The van der Waals surface area contributed by atoms with E-state index in [2.05, 4.69) is 60.4 Å². The van der Waals surface area contributed by atoms with Crippen LogP contribution in [0.1, 0.15) is 24.8 Å². The molecular formula is C20H21NO. The fourth-order valence-electron chi connectivity index (χ4n) is 3.27. The van der Waals surface area contributed by atoms with Gasteiger partial charge in [-0.1, -0.05) is 12.1 Å². The summed E-state index contributed by atoms with van der Waals surface area (Å²) >= 11 is 0. The summed E-state index contributed by atoms with van der Waals surface area (Å²) in [6.45, 7) is 4.46. The third kappa shape index (κ3) is 2.50. The van der Waals surface area contributed by atoms with Crippen molar-refractivity contribution in [1.82, 2.24) is 0 Å². The molecule has 0 bridgehead atoms. The van der Waals surface area contributed by atoms with Crippen LogP contribution in [0.25, 0.3) is 22.3 Å². The fraction of sp³-hybridized carbons (Fsp3) is 0.300. The molecule has 0 unspecified atom stereocenters. The summed E-state index contributed by atoms with van der Waals surface area (Å²) in [5.41, 5.74) is 4.67. The van der Waals surface area contributed by atoms with Crippen molar-refractivity contribution in [3.8, 4) is 11.3 Å². The molecule has 0 spiro atoms. The summed E-state index contributed by atoms with van der Waals surface area (Å²) in [6.07, 6.45) is 3.99. The summed E-state index contributed by atoms with van der Waals surface area (Å²) in [5, 5.41) is 1.17. The Bertz CT molecular complexity index is 779. The standard InChI is InChI=1S/C20H21NO/c1-15-5-6-17-14-20(22-19(17)13-15)16-7-9-18(10-8-16)21-11-3-2-4-12-21/h5-10,13-14H,2-4,11-12H2,1H3. The lowest BCUT2D eigenvalue weighted by atomic mass is 10.1. The number of anilines is 1. The molecule has 2 heteroatoms. The van der Waals surface area contributed by atoms with E-state index in [9.17, 15) is 0 Å². The van der Waals surface area contributed by atoms with E-state index in [1.165, 1.54) is 49.0 Å². The van der Waals surface area contributed by atoms with Gasteiger partial charge in [0.25, 0.3) is 0 Å². The first-order valence-corrected chi connectivity index (χ1v) is 8.15. The molecule has 1 fully saturated rings. The van der Waals surface area contributed by atoms with Gasteiger partial charge in [0, 0.05) is 29.7 Å². The minimum absolute atomic E-state index is 0.950. The zero-order valence-electron chi connectivity index (χ0n) is 13.0. The summed E-state index contributed by atoms with van der Waals surface area (Å²) in [5.74, 6) is 0.950. The Morgan fingerprint density at radius 2 is 1.64 bits per heavy atom. The van der Waals surface area contributed by atoms with Crippen molar-refractivity contribution in [2.24, 2.45) is 0 Å². The normalized spacial score (nSPS) is 15.4. The second kappa shape index (κ2) is 5.53. The first-order valence-electron chi connectivity index (χ1n) is 8.15. The maximum absolute atomic E-state index is 6.01. The molecule has 0 N–H and O–H groups in total. The molecule has 112 valence electrons. The van der Waals surface area contributed by atoms with E-state index in [1.807, 2.05) is 0 Å². The van der Waals surface area contributed by atoms with Crippen molar-refractivity contribution in [2.75, 3.05) is 18.0 Å². The molecule has 1 aliphatic heterocycles. The molecule has 1 saturated heterocycles. The lowest BCUT2D eigenvalue weighted by Crippen LogP contribution is -2.29. The molecule has 0 amide bonds. The predicted molar refractivity (Wildman–Crippen MR) is 92.5 cm³/mol. The summed E-state index contributed by atoms with van der Waals surface area (Å²) < 4.78 is 6.01. The third-order valence-corrected chi connectivity index (χ3v) is 4.55. The first kappa shape index (κ1) is 13.4. The second-order valence-corrected chi connectivity index (χ2v) is 6.25. The highest BCUT2D eigenvalue weighted by Gasteiger charge is 2.11. The van der Waals surface area contributed by atoms with Gasteiger partial charge in [-0.2, -0.15) is 0 Å². The Balaban J connectivity index is 1.63. The molecule has 2 heterocycles. The van der Waals surface area contributed by atoms with Crippen LogP contribution in [0.2, 0.25) is 0 Å². The van der Waals surface area contributed by atoms with Gasteiger partial charge in [0.2, 0.25) is 0 Å². The van der Waals surface area contributed by atoms with E-state index in [4.69, 9.17) is 4.42 Å². The topological polar surface area (TPSA) is 16.4 Å². The summed E-state index contributed by atoms with van der Waals surface area (Å²) in [7, 11) is 0. The molecule has 4 rings (SSSR count). The number of rotatable bonds is 2. The Hall–Kier alpha value is -2.22. The highest BCUT2D eigenvalue weighted by atomic mass is 16.3. The number of fused-ring (bicyclic) bond motifs is 1. The smallest absolute Gasteiger partial charge is 0.135 e. The summed E-state index contributed by atoms with van der Waals surface area (Å²) in [6, 6.07) is 17.3. The predicted octanol–water partition coefficient (Wildman–Crippen LogP) is 5.40. The van der Waals surface area contributed by atoms with Crippen LogP contribution in [0.3, 0.4) is 0 Å². The van der Waals surface area contributed by atoms with Crippen LogP contribution in [-0.4, -0.2) is 13.1 Å². The molecule has 1 aliphatic rings. The van der Waals surface area contributed by atoms with Crippen LogP contribution in [0.5, 0.6) is 0 Å². The second-order valence-electron chi connectivity index (χ2n) is 6.25. The van der Waals surface area contributed by atoms with Crippen molar-refractivity contribution in [1.29, 1.82) is 0 Å². The molecule has 22 heavy (non-hydrogen) atoms. The van der Waals surface area contributed by atoms with Crippen molar-refractivity contribution in [2.45, 2.75) is 26.2 Å². The van der Waals surface area contributed by atoms with Gasteiger partial charge in [-0.05, 0) is 68.1 Å². The SMILES string of the molecule is Cc1ccc2cc(-c3ccc(N4CCCCC4)cc3)oc2c1. The fourth-order valence-corrected chi connectivity index (χ4v) is 3.27. The lowest BCUT2D eigenvalue weighted by Gasteiger charge is -2.28. The molecular weight excluding hydrogens is 270 g/mol. The van der Waals surface area contributed by atoms with E-state index in [0.29, 0.717) is 0 Å². The van der Waals surface area contributed by atoms with Gasteiger partial charge in [0.15, 0.2) is 0 Å². The van der Waals surface area contributed by atoms with E-state index < -0.39 is 0 Å². The van der Waals surface area contributed by atoms with Gasteiger partial charge in [-0.15, -0.1) is 0 Å².